The normalized spacial score (nSPS) is 11.8. The SMILES string of the molecule is CCC(Nc1c(Nc2cccc(C(=O)N(C)C)c2O)c(=O)n(C)n(C)c1=O)c1nccs1. The Morgan fingerprint density at radius 3 is 2.41 bits per heavy atom. The van der Waals surface area contributed by atoms with E-state index in [-0.39, 0.29) is 34.4 Å². The molecule has 3 rings (SSSR count). The summed E-state index contributed by atoms with van der Waals surface area (Å²) in [5.41, 5.74) is -0.675. The molecule has 1 amide bonds. The highest BCUT2D eigenvalue weighted by molar-refractivity contribution is 7.09. The van der Waals surface area contributed by atoms with Crippen molar-refractivity contribution in [3.05, 3.63) is 61.1 Å². The number of anilines is 3. The van der Waals surface area contributed by atoms with E-state index in [9.17, 15) is 19.5 Å². The predicted octanol–water partition coefficient (Wildman–Crippen LogP) is 2.25. The maximum absolute atomic E-state index is 13.1. The molecule has 2 aromatic heterocycles. The van der Waals surface area contributed by atoms with Crippen molar-refractivity contribution in [3.8, 4) is 5.75 Å². The van der Waals surface area contributed by atoms with E-state index in [2.05, 4.69) is 15.6 Å². The summed E-state index contributed by atoms with van der Waals surface area (Å²) in [4.78, 5) is 44.2. The van der Waals surface area contributed by atoms with Crippen molar-refractivity contribution in [1.82, 2.24) is 19.2 Å². The van der Waals surface area contributed by atoms with Crippen LogP contribution < -0.4 is 21.8 Å². The molecule has 0 bridgehead atoms. The van der Waals surface area contributed by atoms with E-state index < -0.39 is 17.0 Å². The van der Waals surface area contributed by atoms with Gasteiger partial charge < -0.3 is 20.6 Å². The van der Waals surface area contributed by atoms with Crippen LogP contribution in [0.5, 0.6) is 5.75 Å². The monoisotopic (exact) mass is 458 g/mol. The Hall–Kier alpha value is -3.60. The smallest absolute Gasteiger partial charge is 0.290 e. The summed E-state index contributed by atoms with van der Waals surface area (Å²) in [6.07, 6.45) is 2.31. The number of thiazole rings is 1. The third-order valence-electron chi connectivity index (χ3n) is 5.12. The van der Waals surface area contributed by atoms with Crippen molar-refractivity contribution in [2.45, 2.75) is 19.4 Å². The summed E-state index contributed by atoms with van der Waals surface area (Å²) >= 11 is 1.44. The molecule has 0 aliphatic carbocycles. The number of phenolic OH excluding ortho intramolecular Hbond substituents is 1. The molecule has 170 valence electrons. The van der Waals surface area contributed by atoms with Gasteiger partial charge in [0.05, 0.1) is 17.3 Å². The van der Waals surface area contributed by atoms with Gasteiger partial charge >= 0.3 is 0 Å². The molecule has 32 heavy (non-hydrogen) atoms. The molecular weight excluding hydrogens is 432 g/mol. The average Bonchev–Trinajstić information content (AvgIpc) is 3.31. The van der Waals surface area contributed by atoms with E-state index in [0.717, 1.165) is 5.01 Å². The maximum atomic E-state index is 13.1. The summed E-state index contributed by atoms with van der Waals surface area (Å²) in [5.74, 6) is -0.706. The van der Waals surface area contributed by atoms with Gasteiger partial charge in [-0.25, -0.2) is 14.3 Å². The maximum Gasteiger partial charge on any atom is 0.290 e. The Labute approximate surface area is 188 Å². The molecule has 1 unspecified atom stereocenters. The molecule has 0 aliphatic rings. The molecule has 0 saturated carbocycles. The van der Waals surface area contributed by atoms with Gasteiger partial charge in [-0.05, 0) is 18.6 Å². The molecule has 10 nitrogen and oxygen atoms in total. The van der Waals surface area contributed by atoms with E-state index in [0.29, 0.717) is 6.42 Å². The summed E-state index contributed by atoms with van der Waals surface area (Å²) in [6, 6.07) is 4.31. The second-order valence-electron chi connectivity index (χ2n) is 7.41. The van der Waals surface area contributed by atoms with E-state index in [4.69, 9.17) is 0 Å². The quantitative estimate of drug-likeness (QED) is 0.464. The van der Waals surface area contributed by atoms with Crippen LogP contribution in [0.1, 0.15) is 34.8 Å². The lowest BCUT2D eigenvalue weighted by atomic mass is 10.1. The fraction of sp³-hybridized carbons (Fsp3) is 0.333. The molecule has 3 aromatic rings. The Kier molecular flexibility index (Phi) is 6.68. The van der Waals surface area contributed by atoms with Gasteiger partial charge in [-0.15, -0.1) is 11.3 Å². The van der Waals surface area contributed by atoms with Gasteiger partial charge in [-0.1, -0.05) is 13.0 Å². The minimum atomic E-state index is -0.479. The van der Waals surface area contributed by atoms with E-state index in [1.807, 2.05) is 12.3 Å². The molecule has 11 heteroatoms. The first kappa shape index (κ1) is 23.1. The lowest BCUT2D eigenvalue weighted by molar-refractivity contribution is 0.0824. The van der Waals surface area contributed by atoms with Crippen molar-refractivity contribution in [2.24, 2.45) is 14.1 Å². The van der Waals surface area contributed by atoms with Crippen molar-refractivity contribution in [3.63, 3.8) is 0 Å². The van der Waals surface area contributed by atoms with Crippen LogP contribution in [0, 0.1) is 0 Å². The zero-order valence-corrected chi connectivity index (χ0v) is 19.4. The third-order valence-corrected chi connectivity index (χ3v) is 6.01. The van der Waals surface area contributed by atoms with Crippen molar-refractivity contribution in [2.75, 3.05) is 24.7 Å². The first-order chi connectivity index (χ1) is 15.2. The van der Waals surface area contributed by atoms with Gasteiger partial charge in [0.2, 0.25) is 0 Å². The predicted molar refractivity (Wildman–Crippen MR) is 125 cm³/mol. The Bertz CT molecular complexity index is 1250. The van der Waals surface area contributed by atoms with E-state index >= 15 is 0 Å². The zero-order valence-electron chi connectivity index (χ0n) is 18.5. The second kappa shape index (κ2) is 9.27. The van der Waals surface area contributed by atoms with Gasteiger partial charge in [0.25, 0.3) is 17.0 Å². The highest BCUT2D eigenvalue weighted by atomic mass is 32.1. The fourth-order valence-corrected chi connectivity index (χ4v) is 3.94. The largest absolute Gasteiger partial charge is 0.505 e. The molecule has 1 aromatic carbocycles. The van der Waals surface area contributed by atoms with Gasteiger partial charge in [-0.3, -0.25) is 14.4 Å². The van der Waals surface area contributed by atoms with Gasteiger partial charge in [-0.2, -0.15) is 0 Å². The standard InChI is InChI=1S/C21H26N6O4S/c1-6-13(18-22-10-11-32-18)23-15-16(21(31)27(5)26(4)20(15)30)24-14-9-7-8-12(17(14)28)19(29)25(2)3/h7-11,13,23-24,28H,6H2,1-5H3. The summed E-state index contributed by atoms with van der Waals surface area (Å²) in [7, 11) is 6.12. The molecule has 1 atom stereocenters. The number of hydrogen-bond acceptors (Lipinski definition) is 8. The molecule has 2 heterocycles. The van der Waals surface area contributed by atoms with Crippen molar-refractivity contribution >= 4 is 34.3 Å². The number of benzene rings is 1. The minimum absolute atomic E-state index is 0.0321. The Morgan fingerprint density at radius 1 is 1.19 bits per heavy atom. The fourth-order valence-electron chi connectivity index (χ4n) is 3.17. The molecule has 0 spiro atoms. The topological polar surface area (TPSA) is 121 Å². The first-order valence-electron chi connectivity index (χ1n) is 9.94. The van der Waals surface area contributed by atoms with Crippen LogP contribution in [0.15, 0.2) is 39.4 Å². The van der Waals surface area contributed by atoms with E-state index in [1.54, 1.807) is 26.4 Å². The zero-order chi connectivity index (χ0) is 23.6. The Balaban J connectivity index is 2.13. The summed E-state index contributed by atoms with van der Waals surface area (Å²) in [5, 5.41) is 19.3. The molecule has 0 aliphatic heterocycles. The number of nitrogens with one attached hydrogen (secondary N) is 2. The Morgan fingerprint density at radius 2 is 1.84 bits per heavy atom. The van der Waals surface area contributed by atoms with E-state index in [1.165, 1.54) is 51.8 Å². The number of rotatable bonds is 7. The lowest BCUT2D eigenvalue weighted by Crippen LogP contribution is -2.38. The van der Waals surface area contributed by atoms with Crippen molar-refractivity contribution in [1.29, 1.82) is 0 Å². The van der Waals surface area contributed by atoms with Gasteiger partial charge in [0, 0.05) is 39.8 Å². The highest BCUT2D eigenvalue weighted by Crippen LogP contribution is 2.32. The number of amides is 1. The van der Waals surface area contributed by atoms with Crippen LogP contribution in [-0.4, -0.2) is 44.4 Å². The number of para-hydroxylation sites is 1. The number of carbonyl (C=O) groups is 1. The molecule has 0 radical (unpaired) electrons. The summed E-state index contributed by atoms with van der Waals surface area (Å²) in [6.45, 7) is 1.94. The average molecular weight is 459 g/mol. The second-order valence-corrected chi connectivity index (χ2v) is 8.34. The number of nitrogens with zero attached hydrogens (tertiary/aromatic N) is 4. The number of hydrogen-bond donors (Lipinski definition) is 3. The first-order valence-corrected chi connectivity index (χ1v) is 10.8. The molecule has 0 fully saturated rings. The summed E-state index contributed by atoms with van der Waals surface area (Å²) < 4.78 is 2.38. The number of aromatic nitrogens is 3. The third kappa shape index (κ3) is 4.24. The number of phenols is 1. The van der Waals surface area contributed by atoms with Crippen LogP contribution >= 0.6 is 11.3 Å². The number of carbonyl (C=O) groups excluding carboxylic acids is 1. The lowest BCUT2D eigenvalue weighted by Gasteiger charge is -2.21. The van der Waals surface area contributed by atoms with Gasteiger partial charge in [0.15, 0.2) is 5.75 Å². The van der Waals surface area contributed by atoms with Crippen LogP contribution in [0.2, 0.25) is 0 Å². The highest BCUT2D eigenvalue weighted by Gasteiger charge is 2.23. The van der Waals surface area contributed by atoms with Gasteiger partial charge in [0.1, 0.15) is 16.4 Å². The molecule has 0 saturated heterocycles. The minimum Gasteiger partial charge on any atom is -0.505 e. The van der Waals surface area contributed by atoms with Crippen molar-refractivity contribution < 1.29 is 9.90 Å². The van der Waals surface area contributed by atoms with Crippen LogP contribution in [0.25, 0.3) is 0 Å². The van der Waals surface area contributed by atoms with Crippen LogP contribution in [-0.2, 0) is 14.1 Å². The molecular formula is C21H26N6O4S. The van der Waals surface area contributed by atoms with Crippen LogP contribution in [0.4, 0.5) is 17.1 Å². The molecule has 3 N–H and O–H groups in total. The number of aromatic hydroxyl groups is 1. The van der Waals surface area contributed by atoms with Crippen LogP contribution in [0.3, 0.4) is 0 Å².